The second-order valence-corrected chi connectivity index (χ2v) is 11.5. The van der Waals surface area contributed by atoms with Crippen molar-refractivity contribution in [3.05, 3.63) is 83.2 Å². The second-order valence-electron chi connectivity index (χ2n) is 11.5. The fourth-order valence-electron chi connectivity index (χ4n) is 4.81. The van der Waals surface area contributed by atoms with E-state index in [2.05, 4.69) is 4.98 Å². The molecule has 4 N–H and O–H groups in total. The maximum absolute atomic E-state index is 12.8. The van der Waals surface area contributed by atoms with E-state index in [0.717, 1.165) is 5.57 Å². The predicted molar refractivity (Wildman–Crippen MR) is 166 cm³/mol. The summed E-state index contributed by atoms with van der Waals surface area (Å²) in [6, 6.07) is 0. The Morgan fingerprint density at radius 1 is 1.21 bits per heavy atom. The van der Waals surface area contributed by atoms with Crippen molar-refractivity contribution < 1.29 is 39.2 Å². The molecule has 0 radical (unpaired) electrons. The van der Waals surface area contributed by atoms with Crippen molar-refractivity contribution in [2.24, 2.45) is 17.8 Å². The molecule has 9 nitrogen and oxygen atoms in total. The minimum atomic E-state index is -0.976. The molecule has 236 valence electrons. The highest BCUT2D eigenvalue weighted by molar-refractivity contribution is 5.82. The minimum absolute atomic E-state index is 0.0654. The minimum Gasteiger partial charge on any atom is -0.481 e. The van der Waals surface area contributed by atoms with Crippen molar-refractivity contribution in [1.82, 2.24) is 4.98 Å². The van der Waals surface area contributed by atoms with Gasteiger partial charge in [-0.15, -0.1) is 0 Å². The molecule has 2 heterocycles. The SMILES string of the molecule is CC(/C=C/C=C(\C)[C@H](O)[C@@H](C)[C@@H]1C[C@H](O)/C(C)=C/C=C/[C@@H](C)[C@H](O)C[C@H](CC(=O)O)C/C=C/C(=O)O1)=C\c1coc(C)n1. The van der Waals surface area contributed by atoms with Gasteiger partial charge in [-0.1, -0.05) is 56.4 Å². The number of nitrogens with zero attached hydrogens (tertiary/aromatic N) is 1. The lowest BCUT2D eigenvalue weighted by Crippen LogP contribution is -2.36. The van der Waals surface area contributed by atoms with E-state index < -0.39 is 42.3 Å². The molecule has 1 aromatic rings. The summed E-state index contributed by atoms with van der Waals surface area (Å²) >= 11 is 0. The predicted octanol–water partition coefficient (Wildman–Crippen LogP) is 5.49. The quantitative estimate of drug-likeness (QED) is 0.225. The zero-order valence-electron chi connectivity index (χ0n) is 26.0. The molecule has 0 spiro atoms. The standard InChI is InChI=1S/C34H47NO8/c1-21(16-28-20-42-26(6)35-28)10-7-13-24(4)34(41)25(5)31-19-30(37)23(3)12-8-11-22(2)29(36)17-27(18-32(38)39)14-9-15-33(40)43-31/h7-13,15-16,20,22,25,27,29-31,34,36-37,41H,14,17-19H2,1-6H3,(H,38,39)/b10-7+,11-8+,15-9+,21-16+,23-12+,24-13+/t22-,25+,27-,29-,30+,31+,34+/m1/s1. The number of aromatic nitrogens is 1. The lowest BCUT2D eigenvalue weighted by molar-refractivity contribution is -0.148. The molecule has 43 heavy (non-hydrogen) atoms. The number of rotatable bonds is 8. The zero-order chi connectivity index (χ0) is 32.1. The van der Waals surface area contributed by atoms with Crippen LogP contribution < -0.4 is 0 Å². The van der Waals surface area contributed by atoms with Crippen LogP contribution in [0, 0.1) is 24.7 Å². The van der Waals surface area contributed by atoms with Crippen LogP contribution in [-0.2, 0) is 14.3 Å². The Hall–Kier alpha value is -3.53. The van der Waals surface area contributed by atoms with E-state index in [1.807, 2.05) is 38.2 Å². The summed E-state index contributed by atoms with van der Waals surface area (Å²) < 4.78 is 11.0. The number of hydrogen-bond donors (Lipinski definition) is 4. The molecule has 0 aromatic carbocycles. The van der Waals surface area contributed by atoms with Crippen molar-refractivity contribution in [3.63, 3.8) is 0 Å². The lowest BCUT2D eigenvalue weighted by atomic mass is 9.88. The van der Waals surface area contributed by atoms with Gasteiger partial charge in [0, 0.05) is 37.7 Å². The lowest BCUT2D eigenvalue weighted by Gasteiger charge is -2.30. The smallest absolute Gasteiger partial charge is 0.330 e. The van der Waals surface area contributed by atoms with Crippen molar-refractivity contribution in [3.8, 4) is 0 Å². The van der Waals surface area contributed by atoms with Crippen molar-refractivity contribution in [2.75, 3.05) is 0 Å². The molecule has 0 bridgehead atoms. The molecule has 1 aliphatic heterocycles. The Bertz CT molecular complexity index is 1250. The number of allylic oxidation sites excluding steroid dienone is 7. The number of carbonyl (C=O) groups excluding carboxylic acids is 1. The Morgan fingerprint density at radius 2 is 1.93 bits per heavy atom. The second kappa shape index (κ2) is 17.6. The third-order valence-electron chi connectivity index (χ3n) is 7.67. The highest BCUT2D eigenvalue weighted by atomic mass is 16.5. The number of hydrogen-bond acceptors (Lipinski definition) is 8. The number of aryl methyl sites for hydroxylation is 1. The van der Waals surface area contributed by atoms with E-state index in [9.17, 15) is 30.0 Å². The van der Waals surface area contributed by atoms with Crippen LogP contribution in [0.4, 0.5) is 0 Å². The first kappa shape index (κ1) is 35.7. The average molecular weight is 598 g/mol. The molecule has 2 rings (SSSR count). The average Bonchev–Trinajstić information content (AvgIpc) is 3.34. The number of cyclic esters (lactones) is 1. The first-order valence-corrected chi connectivity index (χ1v) is 14.7. The Morgan fingerprint density at radius 3 is 2.58 bits per heavy atom. The topological polar surface area (TPSA) is 150 Å². The van der Waals surface area contributed by atoms with Gasteiger partial charge in [0.1, 0.15) is 18.1 Å². The normalized spacial score (nSPS) is 29.4. The summed E-state index contributed by atoms with van der Waals surface area (Å²) in [7, 11) is 0. The number of aliphatic hydroxyl groups excluding tert-OH is 3. The Labute approximate surface area is 254 Å². The maximum atomic E-state index is 12.8. The monoisotopic (exact) mass is 597 g/mol. The molecule has 9 heteroatoms. The Kier molecular flexibility index (Phi) is 14.6. The third kappa shape index (κ3) is 12.7. The number of carboxylic acids is 1. The van der Waals surface area contributed by atoms with Gasteiger partial charge in [0.2, 0.25) is 0 Å². The van der Waals surface area contributed by atoms with E-state index in [-0.39, 0.29) is 37.5 Å². The summed E-state index contributed by atoms with van der Waals surface area (Å²) in [6.07, 6.45) is 14.0. The van der Waals surface area contributed by atoms with Gasteiger partial charge in [-0.3, -0.25) is 4.79 Å². The first-order valence-electron chi connectivity index (χ1n) is 14.7. The highest BCUT2D eigenvalue weighted by Crippen LogP contribution is 2.26. The molecular formula is C34H47NO8. The number of aliphatic carboxylic acids is 1. The number of carboxylic acid groups (broad SMARTS) is 1. The summed E-state index contributed by atoms with van der Waals surface area (Å²) in [5.41, 5.74) is 2.94. The molecule has 0 amide bonds. The Balaban J connectivity index is 2.26. The molecule has 0 unspecified atom stereocenters. The number of esters is 1. The van der Waals surface area contributed by atoms with Gasteiger partial charge in [0.15, 0.2) is 5.89 Å². The van der Waals surface area contributed by atoms with E-state index in [1.165, 1.54) is 6.08 Å². The van der Waals surface area contributed by atoms with Gasteiger partial charge in [0.25, 0.3) is 0 Å². The van der Waals surface area contributed by atoms with E-state index in [4.69, 9.17) is 9.15 Å². The van der Waals surface area contributed by atoms with Crippen LogP contribution in [-0.4, -0.2) is 61.8 Å². The highest BCUT2D eigenvalue weighted by Gasteiger charge is 2.30. The van der Waals surface area contributed by atoms with Gasteiger partial charge < -0.3 is 29.6 Å². The van der Waals surface area contributed by atoms with Crippen LogP contribution in [0.15, 0.2) is 76.0 Å². The summed E-state index contributed by atoms with van der Waals surface area (Å²) in [5.74, 6) is -2.20. The molecule has 1 aromatic heterocycles. The zero-order valence-corrected chi connectivity index (χ0v) is 26.0. The molecular weight excluding hydrogens is 550 g/mol. The fourth-order valence-corrected chi connectivity index (χ4v) is 4.81. The van der Waals surface area contributed by atoms with Gasteiger partial charge in [-0.25, -0.2) is 9.78 Å². The third-order valence-corrected chi connectivity index (χ3v) is 7.67. The van der Waals surface area contributed by atoms with Crippen LogP contribution in [0.1, 0.15) is 71.9 Å². The summed E-state index contributed by atoms with van der Waals surface area (Å²) in [4.78, 5) is 28.4. The summed E-state index contributed by atoms with van der Waals surface area (Å²) in [6.45, 7) is 10.8. The van der Waals surface area contributed by atoms with Crippen LogP contribution in [0.3, 0.4) is 0 Å². The van der Waals surface area contributed by atoms with Crippen LogP contribution in [0.25, 0.3) is 6.08 Å². The number of carbonyl (C=O) groups is 2. The molecule has 0 fully saturated rings. The maximum Gasteiger partial charge on any atom is 0.330 e. The molecule has 7 atom stereocenters. The van der Waals surface area contributed by atoms with Gasteiger partial charge in [-0.2, -0.15) is 0 Å². The van der Waals surface area contributed by atoms with Gasteiger partial charge in [-0.05, 0) is 62.3 Å². The molecule has 0 aliphatic carbocycles. The van der Waals surface area contributed by atoms with Gasteiger partial charge >= 0.3 is 11.9 Å². The first-order chi connectivity index (χ1) is 20.3. The largest absolute Gasteiger partial charge is 0.481 e. The molecule has 0 saturated carbocycles. The molecule has 0 saturated heterocycles. The summed E-state index contributed by atoms with van der Waals surface area (Å²) in [5, 5.41) is 42.0. The number of aliphatic hydroxyl groups is 3. The van der Waals surface area contributed by atoms with Crippen LogP contribution >= 0.6 is 0 Å². The van der Waals surface area contributed by atoms with E-state index in [1.54, 1.807) is 58.3 Å². The van der Waals surface area contributed by atoms with Crippen LogP contribution in [0.2, 0.25) is 0 Å². The number of ether oxygens (including phenoxy) is 1. The van der Waals surface area contributed by atoms with Crippen molar-refractivity contribution in [1.29, 1.82) is 0 Å². The molecule has 1 aliphatic rings. The van der Waals surface area contributed by atoms with E-state index >= 15 is 0 Å². The van der Waals surface area contributed by atoms with Crippen molar-refractivity contribution in [2.45, 2.75) is 91.6 Å². The number of oxazole rings is 1. The fraction of sp³-hybridized carbons (Fsp3) is 0.500. The van der Waals surface area contributed by atoms with E-state index in [0.29, 0.717) is 22.7 Å². The van der Waals surface area contributed by atoms with Gasteiger partial charge in [0.05, 0.1) is 18.3 Å². The van der Waals surface area contributed by atoms with Crippen LogP contribution in [0.5, 0.6) is 0 Å². The van der Waals surface area contributed by atoms with Crippen molar-refractivity contribution >= 4 is 18.0 Å².